The van der Waals surface area contributed by atoms with Crippen LogP contribution in [0.5, 0.6) is 0 Å². The van der Waals surface area contributed by atoms with Gasteiger partial charge >= 0.3 is 0 Å². The molecule has 1 aliphatic heterocycles. The molecule has 21 heavy (non-hydrogen) atoms. The van der Waals surface area contributed by atoms with Crippen molar-refractivity contribution in [3.63, 3.8) is 0 Å². The van der Waals surface area contributed by atoms with Gasteiger partial charge in [-0.25, -0.2) is 0 Å². The second-order valence-corrected chi connectivity index (χ2v) is 6.92. The van der Waals surface area contributed by atoms with E-state index < -0.39 is 0 Å². The summed E-state index contributed by atoms with van der Waals surface area (Å²) in [4.78, 5) is 14.9. The lowest BCUT2D eigenvalue weighted by molar-refractivity contribution is -0.130. The maximum absolute atomic E-state index is 12.8. The fraction of sp³-hybridized carbons (Fsp3) is 0.611. The summed E-state index contributed by atoms with van der Waals surface area (Å²) >= 11 is 0. The molecule has 3 heteroatoms. The van der Waals surface area contributed by atoms with Crippen LogP contribution in [0.2, 0.25) is 0 Å². The first-order valence-electron chi connectivity index (χ1n) is 8.26. The maximum atomic E-state index is 12.8. The molecular weight excluding hydrogens is 260 g/mol. The van der Waals surface area contributed by atoms with Crippen molar-refractivity contribution in [2.24, 2.45) is 11.8 Å². The largest absolute Gasteiger partial charge is 0.325 e. The highest BCUT2D eigenvalue weighted by molar-refractivity contribution is 5.85. The minimum atomic E-state index is -0.158. The number of carbonyl (C=O) groups is 1. The quantitative estimate of drug-likeness (QED) is 0.870. The second-order valence-electron chi connectivity index (χ2n) is 6.92. The highest BCUT2D eigenvalue weighted by Crippen LogP contribution is 2.34. The Hall–Kier alpha value is -1.35. The number of carbonyl (C=O) groups excluding carboxylic acids is 1. The summed E-state index contributed by atoms with van der Waals surface area (Å²) in [6, 6.07) is 9.95. The normalized spacial score (nSPS) is 25.9. The van der Waals surface area contributed by atoms with E-state index in [0.717, 1.165) is 24.4 Å². The molecule has 1 saturated carbocycles. The molecule has 1 heterocycles. The van der Waals surface area contributed by atoms with E-state index in [2.05, 4.69) is 24.1 Å². The van der Waals surface area contributed by atoms with Crippen molar-refractivity contribution in [1.82, 2.24) is 10.2 Å². The first-order chi connectivity index (χ1) is 10.1. The highest BCUT2D eigenvalue weighted by atomic mass is 16.2. The predicted molar refractivity (Wildman–Crippen MR) is 84.6 cm³/mol. The third kappa shape index (κ3) is 3.46. The number of amides is 1. The van der Waals surface area contributed by atoms with E-state index >= 15 is 0 Å². The number of hydrogen-bond acceptors (Lipinski definition) is 2. The maximum Gasteiger partial charge on any atom is 0.245 e. The lowest BCUT2D eigenvalue weighted by atomic mass is 10.1. The summed E-state index contributed by atoms with van der Waals surface area (Å²) in [7, 11) is 0. The van der Waals surface area contributed by atoms with Crippen LogP contribution in [-0.4, -0.2) is 23.5 Å². The van der Waals surface area contributed by atoms with Crippen LogP contribution in [0.4, 0.5) is 0 Å². The van der Waals surface area contributed by atoms with Gasteiger partial charge in [0.25, 0.3) is 0 Å². The van der Waals surface area contributed by atoms with Crippen LogP contribution < -0.4 is 5.32 Å². The summed E-state index contributed by atoms with van der Waals surface area (Å²) in [5, 5.41) is 3.56. The second kappa shape index (κ2) is 6.18. The van der Waals surface area contributed by atoms with Gasteiger partial charge in [0.2, 0.25) is 5.91 Å². The zero-order valence-electron chi connectivity index (χ0n) is 13.1. The molecule has 3 nitrogen and oxygen atoms in total. The Labute approximate surface area is 127 Å². The van der Waals surface area contributed by atoms with Gasteiger partial charge in [-0.05, 0) is 30.2 Å². The SMILES string of the molecule is CC(C)CC1NC(c2ccccc2)C(=O)N1CCC1CC1. The monoisotopic (exact) mass is 286 g/mol. The van der Waals surface area contributed by atoms with Crippen LogP contribution >= 0.6 is 0 Å². The molecule has 1 aromatic carbocycles. The Balaban J connectivity index is 1.73. The Morgan fingerprint density at radius 3 is 2.57 bits per heavy atom. The number of hydrogen-bond donors (Lipinski definition) is 1. The van der Waals surface area contributed by atoms with Crippen molar-refractivity contribution in [1.29, 1.82) is 0 Å². The lowest BCUT2D eigenvalue weighted by Gasteiger charge is -2.25. The molecule has 1 aliphatic carbocycles. The molecule has 1 N–H and O–H groups in total. The third-order valence-electron chi connectivity index (χ3n) is 4.57. The minimum Gasteiger partial charge on any atom is -0.325 e. The molecule has 0 radical (unpaired) electrons. The summed E-state index contributed by atoms with van der Waals surface area (Å²) in [5.41, 5.74) is 1.09. The first-order valence-corrected chi connectivity index (χ1v) is 8.26. The van der Waals surface area contributed by atoms with Crippen LogP contribution in [0.1, 0.15) is 51.1 Å². The van der Waals surface area contributed by atoms with Gasteiger partial charge in [-0.1, -0.05) is 57.0 Å². The van der Waals surface area contributed by atoms with Gasteiger partial charge in [-0.15, -0.1) is 0 Å². The van der Waals surface area contributed by atoms with Crippen molar-refractivity contribution in [2.45, 2.75) is 51.7 Å². The summed E-state index contributed by atoms with van der Waals surface area (Å²) < 4.78 is 0. The molecule has 2 unspecified atom stereocenters. The van der Waals surface area contributed by atoms with Gasteiger partial charge < -0.3 is 4.90 Å². The Morgan fingerprint density at radius 1 is 1.24 bits per heavy atom. The van der Waals surface area contributed by atoms with Crippen molar-refractivity contribution in [2.75, 3.05) is 6.54 Å². The Bertz CT molecular complexity index is 481. The lowest BCUT2D eigenvalue weighted by Crippen LogP contribution is -2.39. The number of nitrogens with one attached hydrogen (secondary N) is 1. The van der Waals surface area contributed by atoms with Gasteiger partial charge in [0, 0.05) is 6.54 Å². The van der Waals surface area contributed by atoms with Crippen LogP contribution in [-0.2, 0) is 4.79 Å². The number of nitrogens with zero attached hydrogens (tertiary/aromatic N) is 1. The Morgan fingerprint density at radius 2 is 1.95 bits per heavy atom. The summed E-state index contributed by atoms with van der Waals surface area (Å²) in [5.74, 6) is 1.72. The van der Waals surface area contributed by atoms with E-state index in [1.54, 1.807) is 0 Å². The van der Waals surface area contributed by atoms with E-state index in [4.69, 9.17) is 0 Å². The molecule has 2 fully saturated rings. The molecule has 2 aliphatic rings. The molecule has 0 spiro atoms. The zero-order chi connectivity index (χ0) is 14.8. The summed E-state index contributed by atoms with van der Waals surface area (Å²) in [6.45, 7) is 5.36. The van der Waals surface area contributed by atoms with E-state index in [1.807, 2.05) is 30.3 Å². The van der Waals surface area contributed by atoms with Crippen LogP contribution in [0.15, 0.2) is 30.3 Å². The van der Waals surface area contributed by atoms with Crippen LogP contribution in [0, 0.1) is 11.8 Å². The standard InChI is InChI=1S/C18H26N2O/c1-13(2)12-16-19-17(15-6-4-3-5-7-15)18(21)20(16)11-10-14-8-9-14/h3-7,13-14,16-17,19H,8-12H2,1-2H3. The molecule has 114 valence electrons. The molecule has 0 bridgehead atoms. The molecule has 3 rings (SSSR count). The molecule has 1 saturated heterocycles. The molecule has 0 aromatic heterocycles. The highest BCUT2D eigenvalue weighted by Gasteiger charge is 2.40. The van der Waals surface area contributed by atoms with Crippen molar-refractivity contribution in [3.8, 4) is 0 Å². The van der Waals surface area contributed by atoms with Crippen molar-refractivity contribution in [3.05, 3.63) is 35.9 Å². The summed E-state index contributed by atoms with van der Waals surface area (Å²) in [6.07, 6.45) is 5.10. The van der Waals surface area contributed by atoms with Gasteiger partial charge in [0.15, 0.2) is 0 Å². The predicted octanol–water partition coefficient (Wildman–Crippen LogP) is 3.33. The fourth-order valence-corrected chi connectivity index (χ4v) is 3.19. The first kappa shape index (κ1) is 14.6. The Kier molecular flexibility index (Phi) is 4.29. The van der Waals surface area contributed by atoms with Crippen molar-refractivity contribution >= 4 is 5.91 Å². The van der Waals surface area contributed by atoms with Gasteiger partial charge in [-0.3, -0.25) is 10.1 Å². The van der Waals surface area contributed by atoms with Gasteiger partial charge in [-0.2, -0.15) is 0 Å². The zero-order valence-corrected chi connectivity index (χ0v) is 13.1. The number of benzene rings is 1. The van der Waals surface area contributed by atoms with Crippen molar-refractivity contribution < 1.29 is 4.79 Å². The smallest absolute Gasteiger partial charge is 0.245 e. The van der Waals surface area contributed by atoms with Gasteiger partial charge in [0.05, 0.1) is 6.17 Å². The minimum absolute atomic E-state index is 0.158. The topological polar surface area (TPSA) is 32.3 Å². The number of rotatable bonds is 6. The molecule has 2 atom stereocenters. The van der Waals surface area contributed by atoms with Crippen LogP contribution in [0.25, 0.3) is 0 Å². The fourth-order valence-electron chi connectivity index (χ4n) is 3.19. The van der Waals surface area contributed by atoms with E-state index in [0.29, 0.717) is 5.92 Å². The van der Waals surface area contributed by atoms with E-state index in [-0.39, 0.29) is 18.1 Å². The van der Waals surface area contributed by atoms with E-state index in [9.17, 15) is 4.79 Å². The third-order valence-corrected chi connectivity index (χ3v) is 4.57. The molecular formula is C18H26N2O. The van der Waals surface area contributed by atoms with E-state index in [1.165, 1.54) is 19.3 Å². The molecule has 1 aromatic rings. The van der Waals surface area contributed by atoms with Crippen LogP contribution in [0.3, 0.4) is 0 Å². The average Bonchev–Trinajstić information content (AvgIpc) is 3.24. The molecule has 1 amide bonds. The van der Waals surface area contributed by atoms with Gasteiger partial charge in [0.1, 0.15) is 6.04 Å². The average molecular weight is 286 g/mol.